The topological polar surface area (TPSA) is 113 Å². The van der Waals surface area contributed by atoms with E-state index in [2.05, 4.69) is 5.32 Å². The molecule has 0 fully saturated rings. The predicted molar refractivity (Wildman–Crippen MR) is 102 cm³/mol. The SMILES string of the molecule is CC(C)(/C=C/C(=O)O)[C@@H](OC(=O)NC(=O)c1ccccc1)c1ccc(O)cc1. The molecule has 7 heteroatoms. The zero-order chi connectivity index (χ0) is 20.7. The number of rotatable bonds is 6. The number of aromatic hydroxyl groups is 1. The monoisotopic (exact) mass is 383 g/mol. The van der Waals surface area contributed by atoms with Gasteiger partial charge in [-0.15, -0.1) is 0 Å². The smallest absolute Gasteiger partial charge is 0.414 e. The van der Waals surface area contributed by atoms with Gasteiger partial charge < -0.3 is 14.9 Å². The highest BCUT2D eigenvalue weighted by molar-refractivity contribution is 6.02. The van der Waals surface area contributed by atoms with E-state index in [0.29, 0.717) is 11.1 Å². The third-order valence-electron chi connectivity index (χ3n) is 4.00. The first-order valence-corrected chi connectivity index (χ1v) is 8.47. The van der Waals surface area contributed by atoms with E-state index in [9.17, 15) is 19.5 Å². The minimum Gasteiger partial charge on any atom is -0.508 e. The third kappa shape index (κ3) is 5.70. The minimum absolute atomic E-state index is 0.0325. The number of carboxylic acid groups (broad SMARTS) is 1. The first-order valence-electron chi connectivity index (χ1n) is 8.47. The lowest BCUT2D eigenvalue weighted by Crippen LogP contribution is -2.35. The molecular formula is C21H21NO6. The first-order chi connectivity index (χ1) is 13.2. The predicted octanol–water partition coefficient (Wildman–Crippen LogP) is 3.67. The maximum Gasteiger partial charge on any atom is 0.414 e. The Hall–Kier alpha value is -3.61. The number of imide groups is 1. The van der Waals surface area contributed by atoms with E-state index >= 15 is 0 Å². The quantitative estimate of drug-likeness (QED) is 0.656. The molecule has 0 saturated heterocycles. The molecule has 0 aliphatic heterocycles. The average molecular weight is 383 g/mol. The van der Waals surface area contributed by atoms with Crippen LogP contribution >= 0.6 is 0 Å². The van der Waals surface area contributed by atoms with Crippen molar-refractivity contribution in [2.24, 2.45) is 5.41 Å². The fraction of sp³-hybridized carbons (Fsp3) is 0.190. The van der Waals surface area contributed by atoms with Crippen LogP contribution in [0, 0.1) is 5.41 Å². The Labute approximate surface area is 162 Å². The van der Waals surface area contributed by atoms with Crippen molar-refractivity contribution in [3.8, 4) is 5.75 Å². The standard InChI is InChI=1S/C21H21NO6/c1-21(2,13-12-17(24)25)18(14-8-10-16(23)11-9-14)28-20(27)22-19(26)15-6-4-3-5-7-15/h3-13,18,23H,1-2H3,(H,24,25)(H,22,26,27)/b13-12+/t18-/m0/s1. The van der Waals surface area contributed by atoms with Gasteiger partial charge in [0, 0.05) is 17.1 Å². The molecule has 0 spiro atoms. The Morgan fingerprint density at radius 2 is 1.64 bits per heavy atom. The van der Waals surface area contributed by atoms with Crippen molar-refractivity contribution in [1.29, 1.82) is 0 Å². The number of nitrogens with one attached hydrogen (secondary N) is 1. The highest BCUT2D eigenvalue weighted by Gasteiger charge is 2.33. The van der Waals surface area contributed by atoms with E-state index in [4.69, 9.17) is 9.84 Å². The van der Waals surface area contributed by atoms with Gasteiger partial charge in [-0.1, -0.05) is 50.3 Å². The fourth-order valence-electron chi connectivity index (χ4n) is 2.56. The molecule has 0 saturated carbocycles. The van der Waals surface area contributed by atoms with Gasteiger partial charge >= 0.3 is 12.1 Å². The number of hydrogen-bond donors (Lipinski definition) is 3. The van der Waals surface area contributed by atoms with E-state index in [1.54, 1.807) is 56.3 Å². The van der Waals surface area contributed by atoms with Crippen LogP contribution in [0.1, 0.15) is 35.9 Å². The Bertz CT molecular complexity index is 872. The van der Waals surface area contributed by atoms with Crippen molar-refractivity contribution in [2.45, 2.75) is 20.0 Å². The number of aliphatic carboxylic acids is 1. The number of carboxylic acids is 1. The van der Waals surface area contributed by atoms with E-state index in [0.717, 1.165) is 6.08 Å². The Balaban J connectivity index is 2.23. The minimum atomic E-state index is -1.14. The summed E-state index contributed by atoms with van der Waals surface area (Å²) in [4.78, 5) is 35.4. The lowest BCUT2D eigenvalue weighted by atomic mass is 9.82. The van der Waals surface area contributed by atoms with Crippen molar-refractivity contribution >= 4 is 18.0 Å². The summed E-state index contributed by atoms with van der Waals surface area (Å²) in [6, 6.07) is 14.2. The van der Waals surface area contributed by atoms with Gasteiger partial charge in [0.05, 0.1) is 0 Å². The van der Waals surface area contributed by atoms with Gasteiger partial charge in [-0.05, 0) is 29.8 Å². The van der Waals surface area contributed by atoms with Crippen LogP contribution in [-0.4, -0.2) is 28.2 Å². The molecule has 7 nitrogen and oxygen atoms in total. The maximum absolute atomic E-state index is 12.3. The number of benzene rings is 2. The molecule has 0 heterocycles. The van der Waals surface area contributed by atoms with Crippen molar-refractivity contribution in [3.05, 3.63) is 77.9 Å². The second kappa shape index (κ2) is 8.85. The molecule has 2 aromatic carbocycles. The summed E-state index contributed by atoms with van der Waals surface area (Å²) in [5.41, 5.74) is -0.0894. The molecule has 2 amide bonds. The van der Waals surface area contributed by atoms with Gasteiger partial charge in [0.15, 0.2) is 0 Å². The Morgan fingerprint density at radius 1 is 1.04 bits per heavy atom. The van der Waals surface area contributed by atoms with Gasteiger partial charge in [-0.3, -0.25) is 10.1 Å². The molecule has 0 aromatic heterocycles. The number of amides is 2. The molecule has 2 rings (SSSR count). The second-order valence-electron chi connectivity index (χ2n) is 6.69. The lowest BCUT2D eigenvalue weighted by Gasteiger charge is -2.31. The number of hydrogen-bond acceptors (Lipinski definition) is 5. The number of alkyl carbamates (subject to hydrolysis) is 1. The summed E-state index contributed by atoms with van der Waals surface area (Å²) in [6.45, 7) is 3.38. The van der Waals surface area contributed by atoms with Gasteiger partial charge in [0.25, 0.3) is 5.91 Å². The number of phenols is 1. The van der Waals surface area contributed by atoms with E-state index in [1.165, 1.54) is 18.2 Å². The van der Waals surface area contributed by atoms with Gasteiger partial charge in [-0.2, -0.15) is 0 Å². The summed E-state index contributed by atoms with van der Waals surface area (Å²) in [5.74, 6) is -1.72. The van der Waals surface area contributed by atoms with Crippen LogP contribution < -0.4 is 5.32 Å². The van der Waals surface area contributed by atoms with Gasteiger partial charge in [0.2, 0.25) is 0 Å². The highest BCUT2D eigenvalue weighted by Crippen LogP contribution is 2.38. The van der Waals surface area contributed by atoms with Crippen LogP contribution in [0.5, 0.6) is 5.75 Å². The van der Waals surface area contributed by atoms with Crippen molar-refractivity contribution < 1.29 is 29.3 Å². The Morgan fingerprint density at radius 3 is 2.21 bits per heavy atom. The molecule has 0 radical (unpaired) electrons. The zero-order valence-electron chi connectivity index (χ0n) is 15.5. The molecule has 28 heavy (non-hydrogen) atoms. The zero-order valence-corrected chi connectivity index (χ0v) is 15.5. The molecule has 0 aliphatic carbocycles. The third-order valence-corrected chi connectivity index (χ3v) is 4.00. The number of phenolic OH excluding ortho intramolecular Hbond substituents is 1. The molecule has 3 N–H and O–H groups in total. The van der Waals surface area contributed by atoms with Crippen LogP contribution in [0.15, 0.2) is 66.7 Å². The van der Waals surface area contributed by atoms with E-state index < -0.39 is 29.5 Å². The molecule has 0 bridgehead atoms. The molecular weight excluding hydrogens is 362 g/mol. The van der Waals surface area contributed by atoms with Crippen LogP contribution in [0.2, 0.25) is 0 Å². The van der Waals surface area contributed by atoms with Crippen LogP contribution in [-0.2, 0) is 9.53 Å². The largest absolute Gasteiger partial charge is 0.508 e. The maximum atomic E-state index is 12.3. The number of ether oxygens (including phenoxy) is 1. The normalized spacial score (nSPS) is 12.4. The van der Waals surface area contributed by atoms with Crippen LogP contribution in [0.3, 0.4) is 0 Å². The van der Waals surface area contributed by atoms with Crippen LogP contribution in [0.25, 0.3) is 0 Å². The van der Waals surface area contributed by atoms with Crippen molar-refractivity contribution in [3.63, 3.8) is 0 Å². The molecule has 1 atom stereocenters. The first kappa shape index (κ1) is 20.7. The average Bonchev–Trinajstić information content (AvgIpc) is 2.66. The molecule has 0 aliphatic rings. The summed E-state index contributed by atoms with van der Waals surface area (Å²) < 4.78 is 5.47. The molecule has 2 aromatic rings. The number of carbonyl (C=O) groups excluding carboxylic acids is 2. The summed E-state index contributed by atoms with van der Waals surface area (Å²) in [6.07, 6.45) is 0.485. The summed E-state index contributed by atoms with van der Waals surface area (Å²) in [5, 5.41) is 20.6. The lowest BCUT2D eigenvalue weighted by molar-refractivity contribution is -0.131. The van der Waals surface area contributed by atoms with Crippen molar-refractivity contribution in [2.75, 3.05) is 0 Å². The van der Waals surface area contributed by atoms with E-state index in [1.807, 2.05) is 0 Å². The fourth-order valence-corrected chi connectivity index (χ4v) is 2.56. The molecule has 0 unspecified atom stereocenters. The second-order valence-corrected chi connectivity index (χ2v) is 6.69. The Kier molecular flexibility index (Phi) is 6.55. The van der Waals surface area contributed by atoms with Gasteiger partial charge in [0.1, 0.15) is 11.9 Å². The summed E-state index contributed by atoms with van der Waals surface area (Å²) in [7, 11) is 0. The number of carbonyl (C=O) groups is 3. The van der Waals surface area contributed by atoms with E-state index in [-0.39, 0.29) is 5.75 Å². The van der Waals surface area contributed by atoms with Crippen molar-refractivity contribution in [1.82, 2.24) is 5.32 Å². The molecule has 146 valence electrons. The summed E-state index contributed by atoms with van der Waals surface area (Å²) >= 11 is 0. The highest BCUT2D eigenvalue weighted by atomic mass is 16.6. The van der Waals surface area contributed by atoms with Crippen LogP contribution in [0.4, 0.5) is 4.79 Å². The van der Waals surface area contributed by atoms with Gasteiger partial charge in [-0.25, -0.2) is 9.59 Å².